The van der Waals surface area contributed by atoms with Gasteiger partial charge in [-0.25, -0.2) is 4.79 Å². The molecule has 0 amide bonds. The Hall–Kier alpha value is -2.33. The Labute approximate surface area is 110 Å². The fourth-order valence-corrected chi connectivity index (χ4v) is 1.85. The Kier molecular flexibility index (Phi) is 3.82. The van der Waals surface area contributed by atoms with Gasteiger partial charge in [0.05, 0.1) is 19.3 Å². The summed E-state index contributed by atoms with van der Waals surface area (Å²) >= 11 is 0. The lowest BCUT2D eigenvalue weighted by Crippen LogP contribution is -1.98. The second-order valence-electron chi connectivity index (χ2n) is 4.08. The Morgan fingerprint density at radius 3 is 2.37 bits per heavy atom. The number of benzene rings is 2. The van der Waals surface area contributed by atoms with Crippen molar-refractivity contribution in [2.45, 2.75) is 6.61 Å². The standard InChI is InChI=1S/C15H14O4/c1-19-14-8-12(15(17)18)6-7-13(14)11-4-2-10(9-16)3-5-11/h2-8,16H,9H2,1H3,(H,17,18). The van der Waals surface area contributed by atoms with E-state index in [9.17, 15) is 4.79 Å². The summed E-state index contributed by atoms with van der Waals surface area (Å²) in [5.74, 6) is -0.475. The topological polar surface area (TPSA) is 66.8 Å². The third kappa shape index (κ3) is 2.74. The fourth-order valence-electron chi connectivity index (χ4n) is 1.85. The number of carbonyl (C=O) groups is 1. The zero-order valence-corrected chi connectivity index (χ0v) is 10.5. The van der Waals surface area contributed by atoms with Crippen LogP contribution < -0.4 is 4.74 Å². The first-order chi connectivity index (χ1) is 9.15. The molecule has 98 valence electrons. The molecule has 4 heteroatoms. The molecule has 0 bridgehead atoms. The van der Waals surface area contributed by atoms with Gasteiger partial charge in [0.15, 0.2) is 0 Å². The maximum Gasteiger partial charge on any atom is 0.335 e. The first kappa shape index (κ1) is 13.1. The van der Waals surface area contributed by atoms with E-state index in [1.54, 1.807) is 12.1 Å². The second-order valence-corrected chi connectivity index (χ2v) is 4.08. The third-order valence-corrected chi connectivity index (χ3v) is 2.90. The van der Waals surface area contributed by atoms with Crippen LogP contribution >= 0.6 is 0 Å². The van der Waals surface area contributed by atoms with E-state index < -0.39 is 5.97 Å². The lowest BCUT2D eigenvalue weighted by atomic mass is 10.0. The van der Waals surface area contributed by atoms with Crippen LogP contribution in [0.25, 0.3) is 11.1 Å². The smallest absolute Gasteiger partial charge is 0.335 e. The molecule has 0 aliphatic carbocycles. The minimum atomic E-state index is -0.986. The highest BCUT2D eigenvalue weighted by atomic mass is 16.5. The van der Waals surface area contributed by atoms with Crippen molar-refractivity contribution in [1.82, 2.24) is 0 Å². The van der Waals surface area contributed by atoms with Gasteiger partial charge in [-0.05, 0) is 29.3 Å². The van der Waals surface area contributed by atoms with Crippen LogP contribution in [0.15, 0.2) is 42.5 Å². The van der Waals surface area contributed by atoms with Gasteiger partial charge in [-0.15, -0.1) is 0 Å². The van der Waals surface area contributed by atoms with Gasteiger partial charge in [0.25, 0.3) is 0 Å². The number of hydrogen-bond donors (Lipinski definition) is 2. The van der Waals surface area contributed by atoms with E-state index in [1.807, 2.05) is 24.3 Å². The van der Waals surface area contributed by atoms with Gasteiger partial charge >= 0.3 is 5.97 Å². The molecule has 0 radical (unpaired) electrons. The molecule has 0 unspecified atom stereocenters. The van der Waals surface area contributed by atoms with Crippen molar-refractivity contribution in [1.29, 1.82) is 0 Å². The first-order valence-electron chi connectivity index (χ1n) is 5.77. The van der Waals surface area contributed by atoms with Crippen molar-refractivity contribution >= 4 is 5.97 Å². The Morgan fingerprint density at radius 2 is 1.84 bits per heavy atom. The summed E-state index contributed by atoms with van der Waals surface area (Å²) in [6.45, 7) is -0.00460. The van der Waals surface area contributed by atoms with Crippen molar-refractivity contribution < 1.29 is 19.7 Å². The number of aliphatic hydroxyl groups excluding tert-OH is 1. The summed E-state index contributed by atoms with van der Waals surface area (Å²) in [5, 5.41) is 18.0. The monoisotopic (exact) mass is 258 g/mol. The maximum atomic E-state index is 10.9. The van der Waals surface area contributed by atoms with Crippen LogP contribution in [-0.2, 0) is 6.61 Å². The normalized spacial score (nSPS) is 10.2. The van der Waals surface area contributed by atoms with E-state index in [0.717, 1.165) is 16.7 Å². The molecular weight excluding hydrogens is 244 g/mol. The molecular formula is C15H14O4. The molecule has 2 N–H and O–H groups in total. The van der Waals surface area contributed by atoms with Crippen LogP contribution in [0.2, 0.25) is 0 Å². The highest BCUT2D eigenvalue weighted by Gasteiger charge is 2.10. The highest BCUT2D eigenvalue weighted by molar-refractivity contribution is 5.89. The molecule has 0 spiro atoms. The summed E-state index contributed by atoms with van der Waals surface area (Å²) in [7, 11) is 1.51. The minimum absolute atomic E-state index is 0.00460. The van der Waals surface area contributed by atoms with Crippen molar-refractivity contribution in [3.63, 3.8) is 0 Å². The van der Waals surface area contributed by atoms with E-state index in [-0.39, 0.29) is 12.2 Å². The molecule has 19 heavy (non-hydrogen) atoms. The number of carboxylic acids is 1. The van der Waals surface area contributed by atoms with Gasteiger partial charge in [0, 0.05) is 5.56 Å². The van der Waals surface area contributed by atoms with E-state index in [0.29, 0.717) is 5.75 Å². The molecule has 2 aromatic carbocycles. The molecule has 0 aromatic heterocycles. The number of aromatic carboxylic acids is 1. The summed E-state index contributed by atoms with van der Waals surface area (Å²) in [5.41, 5.74) is 2.74. The van der Waals surface area contributed by atoms with Gasteiger partial charge < -0.3 is 14.9 Å². The van der Waals surface area contributed by atoms with Crippen LogP contribution in [0, 0.1) is 0 Å². The van der Waals surface area contributed by atoms with Crippen LogP contribution in [0.5, 0.6) is 5.75 Å². The van der Waals surface area contributed by atoms with E-state index in [1.165, 1.54) is 13.2 Å². The molecule has 4 nitrogen and oxygen atoms in total. The van der Waals surface area contributed by atoms with Crippen molar-refractivity contribution in [2.75, 3.05) is 7.11 Å². The quantitative estimate of drug-likeness (QED) is 0.884. The largest absolute Gasteiger partial charge is 0.496 e. The van der Waals surface area contributed by atoms with Crippen LogP contribution in [0.3, 0.4) is 0 Å². The zero-order chi connectivity index (χ0) is 13.8. The number of rotatable bonds is 4. The molecule has 0 aliphatic heterocycles. The first-order valence-corrected chi connectivity index (χ1v) is 5.77. The van der Waals surface area contributed by atoms with Gasteiger partial charge in [0.1, 0.15) is 5.75 Å². The Balaban J connectivity index is 2.45. The summed E-state index contributed by atoms with van der Waals surface area (Å²) in [6, 6.07) is 12.1. The molecule has 0 heterocycles. The Bertz CT molecular complexity index is 588. The van der Waals surface area contributed by atoms with Crippen molar-refractivity contribution in [3.8, 4) is 16.9 Å². The van der Waals surface area contributed by atoms with Gasteiger partial charge in [0.2, 0.25) is 0 Å². The van der Waals surface area contributed by atoms with Crippen LogP contribution in [0.4, 0.5) is 0 Å². The average Bonchev–Trinajstić information content (AvgIpc) is 2.46. The number of carboxylic acid groups (broad SMARTS) is 1. The number of aliphatic hydroxyl groups is 1. The minimum Gasteiger partial charge on any atom is -0.496 e. The lowest BCUT2D eigenvalue weighted by molar-refractivity contribution is 0.0696. The van der Waals surface area contributed by atoms with Gasteiger partial charge in [-0.2, -0.15) is 0 Å². The van der Waals surface area contributed by atoms with Crippen LogP contribution in [-0.4, -0.2) is 23.3 Å². The SMILES string of the molecule is COc1cc(C(=O)O)ccc1-c1ccc(CO)cc1. The number of methoxy groups -OCH3 is 1. The molecule has 2 aromatic rings. The second kappa shape index (κ2) is 5.54. The zero-order valence-electron chi connectivity index (χ0n) is 10.5. The summed E-state index contributed by atoms with van der Waals surface area (Å²) < 4.78 is 5.23. The summed E-state index contributed by atoms with van der Waals surface area (Å²) in [6.07, 6.45) is 0. The van der Waals surface area contributed by atoms with Gasteiger partial charge in [-0.3, -0.25) is 0 Å². The lowest BCUT2D eigenvalue weighted by Gasteiger charge is -2.10. The van der Waals surface area contributed by atoms with E-state index >= 15 is 0 Å². The van der Waals surface area contributed by atoms with Crippen LogP contribution in [0.1, 0.15) is 15.9 Å². The van der Waals surface area contributed by atoms with Crippen molar-refractivity contribution in [2.24, 2.45) is 0 Å². The van der Waals surface area contributed by atoms with Gasteiger partial charge in [-0.1, -0.05) is 24.3 Å². The Morgan fingerprint density at radius 1 is 1.16 bits per heavy atom. The maximum absolute atomic E-state index is 10.9. The number of ether oxygens (including phenoxy) is 1. The predicted octanol–water partition coefficient (Wildman–Crippen LogP) is 2.55. The third-order valence-electron chi connectivity index (χ3n) is 2.90. The molecule has 0 saturated heterocycles. The summed E-state index contributed by atoms with van der Waals surface area (Å²) in [4.78, 5) is 10.9. The average molecular weight is 258 g/mol. The number of hydrogen-bond acceptors (Lipinski definition) is 3. The molecule has 0 fully saturated rings. The fraction of sp³-hybridized carbons (Fsp3) is 0.133. The van der Waals surface area contributed by atoms with E-state index in [4.69, 9.17) is 14.9 Å². The molecule has 0 aliphatic rings. The molecule has 0 atom stereocenters. The highest BCUT2D eigenvalue weighted by Crippen LogP contribution is 2.31. The van der Waals surface area contributed by atoms with E-state index in [2.05, 4.69) is 0 Å². The predicted molar refractivity (Wildman–Crippen MR) is 71.3 cm³/mol. The molecule has 0 saturated carbocycles. The molecule has 2 rings (SSSR count). The van der Waals surface area contributed by atoms with Crippen molar-refractivity contribution in [3.05, 3.63) is 53.6 Å².